The van der Waals surface area contributed by atoms with Gasteiger partial charge in [-0.3, -0.25) is 4.79 Å². The lowest BCUT2D eigenvalue weighted by molar-refractivity contribution is 0.0391. The summed E-state index contributed by atoms with van der Waals surface area (Å²) in [5, 5.41) is 10.3. The molecule has 1 atom stereocenters. The van der Waals surface area contributed by atoms with Crippen LogP contribution in [0.5, 0.6) is 0 Å². The number of ketones is 1. The molecular formula is C11H12Cl2O2. The maximum atomic E-state index is 11.9. The van der Waals surface area contributed by atoms with Crippen molar-refractivity contribution in [3.63, 3.8) is 0 Å². The van der Waals surface area contributed by atoms with E-state index in [4.69, 9.17) is 23.2 Å². The number of aliphatic hydroxyl groups is 1. The largest absolute Gasteiger partial charge is 0.382 e. The molecule has 0 saturated heterocycles. The molecule has 0 spiro atoms. The van der Waals surface area contributed by atoms with Gasteiger partial charge in [0.2, 0.25) is 0 Å². The molecule has 0 amide bonds. The molecule has 82 valence electrons. The van der Waals surface area contributed by atoms with Gasteiger partial charge in [0.15, 0.2) is 5.78 Å². The van der Waals surface area contributed by atoms with E-state index >= 15 is 0 Å². The van der Waals surface area contributed by atoms with Crippen LogP contribution >= 0.6 is 23.2 Å². The van der Waals surface area contributed by atoms with Crippen molar-refractivity contribution in [2.45, 2.75) is 25.9 Å². The minimum absolute atomic E-state index is 0.192. The number of Topliss-reactive ketones (excluding diaryl/α,β-unsaturated/α-hetero) is 1. The van der Waals surface area contributed by atoms with Crippen LogP contribution in [-0.4, -0.2) is 16.5 Å². The molecule has 0 radical (unpaired) electrons. The van der Waals surface area contributed by atoms with Crippen LogP contribution in [0.25, 0.3) is 0 Å². The number of carbonyl (C=O) groups excluding carboxylic acids is 1. The lowest BCUT2D eigenvalue weighted by Crippen LogP contribution is -2.34. The van der Waals surface area contributed by atoms with Gasteiger partial charge in [-0.15, -0.1) is 0 Å². The molecule has 1 aromatic carbocycles. The summed E-state index contributed by atoms with van der Waals surface area (Å²) in [6.45, 7) is 3.20. The Hall–Kier alpha value is -0.570. The fourth-order valence-electron chi connectivity index (χ4n) is 1.13. The smallest absolute Gasteiger partial charge is 0.195 e. The highest BCUT2D eigenvalue weighted by atomic mass is 35.5. The molecule has 2 nitrogen and oxygen atoms in total. The summed E-state index contributed by atoms with van der Waals surface area (Å²) in [7, 11) is 0. The van der Waals surface area contributed by atoms with Gasteiger partial charge in [0.25, 0.3) is 0 Å². The van der Waals surface area contributed by atoms with E-state index in [0.29, 0.717) is 11.4 Å². The van der Waals surface area contributed by atoms with Crippen LogP contribution in [0.1, 0.15) is 30.6 Å². The van der Waals surface area contributed by atoms with E-state index in [0.717, 1.165) is 0 Å². The van der Waals surface area contributed by atoms with Gasteiger partial charge in [0.1, 0.15) is 5.60 Å². The monoisotopic (exact) mass is 246 g/mol. The molecule has 0 bridgehead atoms. The predicted octanol–water partition coefficient (Wildman–Crippen LogP) is 3.34. The third kappa shape index (κ3) is 2.51. The van der Waals surface area contributed by atoms with Gasteiger partial charge in [-0.1, -0.05) is 36.2 Å². The van der Waals surface area contributed by atoms with Crippen molar-refractivity contribution in [2.75, 3.05) is 0 Å². The van der Waals surface area contributed by atoms with E-state index in [1.54, 1.807) is 25.1 Å². The van der Waals surface area contributed by atoms with Crippen molar-refractivity contribution < 1.29 is 9.90 Å². The molecular weight excluding hydrogens is 235 g/mol. The van der Waals surface area contributed by atoms with Gasteiger partial charge >= 0.3 is 0 Å². The Bertz CT molecular complexity index is 386. The van der Waals surface area contributed by atoms with Gasteiger partial charge < -0.3 is 5.11 Å². The Morgan fingerprint density at radius 1 is 1.47 bits per heavy atom. The summed E-state index contributed by atoms with van der Waals surface area (Å²) < 4.78 is 0. The molecule has 15 heavy (non-hydrogen) atoms. The van der Waals surface area contributed by atoms with Crippen LogP contribution in [-0.2, 0) is 0 Å². The highest BCUT2D eigenvalue weighted by molar-refractivity contribution is 6.44. The molecule has 1 N–H and O–H groups in total. The molecule has 0 aromatic heterocycles. The number of rotatable bonds is 3. The molecule has 0 aliphatic carbocycles. The van der Waals surface area contributed by atoms with Crippen LogP contribution < -0.4 is 0 Å². The number of halogens is 2. The van der Waals surface area contributed by atoms with Crippen LogP contribution in [0.3, 0.4) is 0 Å². The van der Waals surface area contributed by atoms with E-state index < -0.39 is 11.4 Å². The third-order valence-electron chi connectivity index (χ3n) is 2.37. The quantitative estimate of drug-likeness (QED) is 0.831. The standard InChI is InChI=1S/C11H12Cl2O2/c1-3-11(2,15)10(14)7-5-4-6-8(12)9(7)13/h4-6,15H,3H2,1-2H3. The van der Waals surface area contributed by atoms with Crippen LogP contribution in [0.2, 0.25) is 10.0 Å². The first-order valence-corrected chi connectivity index (χ1v) is 5.37. The number of carbonyl (C=O) groups is 1. The Balaban J connectivity index is 3.18. The van der Waals surface area contributed by atoms with Crippen LogP contribution in [0.15, 0.2) is 18.2 Å². The highest BCUT2D eigenvalue weighted by Crippen LogP contribution is 2.29. The van der Waals surface area contributed by atoms with E-state index in [-0.39, 0.29) is 10.6 Å². The predicted molar refractivity (Wildman–Crippen MR) is 61.7 cm³/mol. The van der Waals surface area contributed by atoms with Crippen LogP contribution in [0, 0.1) is 0 Å². The fourth-order valence-corrected chi connectivity index (χ4v) is 1.52. The second-order valence-electron chi connectivity index (χ2n) is 3.56. The average molecular weight is 247 g/mol. The molecule has 1 rings (SSSR count). The van der Waals surface area contributed by atoms with Gasteiger partial charge in [-0.2, -0.15) is 0 Å². The van der Waals surface area contributed by atoms with Crippen molar-refractivity contribution in [1.29, 1.82) is 0 Å². The molecule has 4 heteroatoms. The summed E-state index contributed by atoms with van der Waals surface area (Å²) >= 11 is 11.7. The molecule has 0 saturated carbocycles. The second kappa shape index (κ2) is 4.52. The first kappa shape index (κ1) is 12.5. The van der Waals surface area contributed by atoms with Crippen LogP contribution in [0.4, 0.5) is 0 Å². The minimum atomic E-state index is -1.39. The van der Waals surface area contributed by atoms with Gasteiger partial charge in [-0.05, 0) is 25.5 Å². The molecule has 1 unspecified atom stereocenters. The maximum Gasteiger partial charge on any atom is 0.195 e. The molecule has 0 fully saturated rings. The van der Waals surface area contributed by atoms with Gasteiger partial charge in [0.05, 0.1) is 10.0 Å². The zero-order valence-corrected chi connectivity index (χ0v) is 10.1. The average Bonchev–Trinajstić information content (AvgIpc) is 2.21. The summed E-state index contributed by atoms with van der Waals surface area (Å²) in [6.07, 6.45) is 0.328. The van der Waals surface area contributed by atoms with Crippen molar-refractivity contribution >= 4 is 29.0 Å². The van der Waals surface area contributed by atoms with Crippen molar-refractivity contribution in [3.8, 4) is 0 Å². The Kier molecular flexibility index (Phi) is 3.77. The third-order valence-corrected chi connectivity index (χ3v) is 3.19. The Morgan fingerprint density at radius 2 is 2.07 bits per heavy atom. The van der Waals surface area contributed by atoms with Gasteiger partial charge in [-0.25, -0.2) is 0 Å². The summed E-state index contributed by atoms with van der Waals surface area (Å²) in [4.78, 5) is 11.9. The van der Waals surface area contributed by atoms with E-state index in [2.05, 4.69) is 0 Å². The first-order chi connectivity index (χ1) is 6.90. The fraction of sp³-hybridized carbons (Fsp3) is 0.364. The topological polar surface area (TPSA) is 37.3 Å². The summed E-state index contributed by atoms with van der Waals surface area (Å²) in [5.74, 6) is -0.405. The van der Waals surface area contributed by atoms with Gasteiger partial charge in [0, 0.05) is 5.56 Å². The maximum absolute atomic E-state index is 11.9. The van der Waals surface area contributed by atoms with E-state index in [1.165, 1.54) is 6.92 Å². The highest BCUT2D eigenvalue weighted by Gasteiger charge is 2.30. The number of hydrogen-bond acceptors (Lipinski definition) is 2. The zero-order valence-electron chi connectivity index (χ0n) is 8.55. The lowest BCUT2D eigenvalue weighted by atomic mass is 9.92. The summed E-state index contributed by atoms with van der Waals surface area (Å²) in [5.41, 5.74) is -1.13. The van der Waals surface area contributed by atoms with Crippen molar-refractivity contribution in [3.05, 3.63) is 33.8 Å². The summed E-state index contributed by atoms with van der Waals surface area (Å²) in [6, 6.07) is 4.79. The normalized spacial score (nSPS) is 14.7. The first-order valence-electron chi connectivity index (χ1n) is 4.61. The van der Waals surface area contributed by atoms with Crippen molar-refractivity contribution in [1.82, 2.24) is 0 Å². The Morgan fingerprint density at radius 3 is 2.60 bits per heavy atom. The van der Waals surface area contributed by atoms with E-state index in [1.807, 2.05) is 0 Å². The SMILES string of the molecule is CCC(C)(O)C(=O)c1cccc(Cl)c1Cl. The van der Waals surface area contributed by atoms with Crippen molar-refractivity contribution in [2.24, 2.45) is 0 Å². The number of hydrogen-bond donors (Lipinski definition) is 1. The minimum Gasteiger partial charge on any atom is -0.382 e. The molecule has 0 aliphatic rings. The lowest BCUT2D eigenvalue weighted by Gasteiger charge is -2.20. The second-order valence-corrected chi connectivity index (χ2v) is 4.34. The molecule has 0 aliphatic heterocycles. The zero-order chi connectivity index (χ0) is 11.6. The van der Waals surface area contributed by atoms with E-state index in [9.17, 15) is 9.90 Å². The molecule has 0 heterocycles. The molecule has 1 aromatic rings. The number of benzene rings is 1. The Labute approximate surface area is 98.8 Å².